The lowest BCUT2D eigenvalue weighted by molar-refractivity contribution is -0.137. The Hall–Kier alpha value is -1.83. The fourth-order valence-electron chi connectivity index (χ4n) is 2.96. The second-order valence-corrected chi connectivity index (χ2v) is 5.25. The van der Waals surface area contributed by atoms with Gasteiger partial charge in [0, 0.05) is 12.1 Å². The third-order valence-corrected chi connectivity index (χ3v) is 3.78. The Morgan fingerprint density at radius 2 is 1.65 bits per heavy atom. The Morgan fingerprint density at radius 3 is 2.20 bits per heavy atom. The maximum atomic E-state index is 12.0. The molecule has 0 spiro atoms. The summed E-state index contributed by atoms with van der Waals surface area (Å²) in [6.45, 7) is -0.708. The van der Waals surface area contributed by atoms with Crippen LogP contribution in [-0.2, 0) is 9.59 Å². The molecule has 8 heteroatoms. The summed E-state index contributed by atoms with van der Waals surface area (Å²) < 4.78 is 0. The van der Waals surface area contributed by atoms with Crippen molar-refractivity contribution in [2.75, 3.05) is 13.1 Å². The highest BCUT2D eigenvalue weighted by Gasteiger charge is 2.42. The van der Waals surface area contributed by atoms with Gasteiger partial charge in [-0.3, -0.25) is 9.59 Å². The van der Waals surface area contributed by atoms with E-state index >= 15 is 0 Å². The second kappa shape index (κ2) is 6.08. The zero-order valence-electron chi connectivity index (χ0n) is 11.0. The quantitative estimate of drug-likeness (QED) is 0.522. The Balaban J connectivity index is 1.78. The number of piperidine rings is 1. The maximum Gasteiger partial charge on any atom is 0.322 e. The number of nitrogens with one attached hydrogen (secondary N) is 2. The average molecular weight is 285 g/mol. The van der Waals surface area contributed by atoms with Crippen LogP contribution in [0.2, 0.25) is 0 Å². The van der Waals surface area contributed by atoms with Crippen molar-refractivity contribution < 1.29 is 24.6 Å². The summed E-state index contributed by atoms with van der Waals surface area (Å²) >= 11 is 0. The van der Waals surface area contributed by atoms with E-state index < -0.39 is 18.4 Å². The number of nitrogens with zero attached hydrogens (tertiary/aromatic N) is 1. The number of aliphatic hydroxyl groups is 1. The molecule has 3 amide bonds. The van der Waals surface area contributed by atoms with E-state index in [0.29, 0.717) is 12.8 Å². The van der Waals surface area contributed by atoms with Crippen molar-refractivity contribution in [3.05, 3.63) is 0 Å². The predicted molar refractivity (Wildman–Crippen MR) is 67.9 cm³/mol. The number of aliphatic carboxylic acids is 1. The summed E-state index contributed by atoms with van der Waals surface area (Å²) in [5.41, 5.74) is 0. The van der Waals surface area contributed by atoms with Gasteiger partial charge in [-0.1, -0.05) is 0 Å². The van der Waals surface area contributed by atoms with Crippen molar-refractivity contribution in [2.24, 2.45) is 0 Å². The van der Waals surface area contributed by atoms with Crippen LogP contribution in [0.15, 0.2) is 0 Å². The smallest absolute Gasteiger partial charge is 0.322 e. The van der Waals surface area contributed by atoms with Crippen LogP contribution in [0.3, 0.4) is 0 Å². The number of hydrogen-bond acceptors (Lipinski definition) is 4. The molecule has 2 saturated heterocycles. The highest BCUT2D eigenvalue weighted by atomic mass is 16.4. The Labute approximate surface area is 116 Å². The number of carbonyl (C=O) groups excluding carboxylic acids is 2. The second-order valence-electron chi connectivity index (χ2n) is 5.25. The molecule has 2 fully saturated rings. The minimum absolute atomic E-state index is 0.0332. The fraction of sp³-hybridized carbons (Fsp3) is 0.750. The van der Waals surface area contributed by atoms with Gasteiger partial charge in [-0.05, 0) is 25.7 Å². The van der Waals surface area contributed by atoms with Crippen molar-refractivity contribution in [1.29, 1.82) is 0 Å². The number of urea groups is 1. The Kier molecular flexibility index (Phi) is 4.43. The van der Waals surface area contributed by atoms with E-state index in [2.05, 4.69) is 10.6 Å². The van der Waals surface area contributed by atoms with Gasteiger partial charge < -0.3 is 25.7 Å². The summed E-state index contributed by atoms with van der Waals surface area (Å²) in [4.78, 5) is 35.3. The number of carboxylic acid groups (broad SMARTS) is 1. The number of rotatable bonds is 4. The lowest BCUT2D eigenvalue weighted by Crippen LogP contribution is -2.53. The first-order valence-corrected chi connectivity index (χ1v) is 6.70. The van der Waals surface area contributed by atoms with Crippen molar-refractivity contribution >= 4 is 17.9 Å². The van der Waals surface area contributed by atoms with E-state index in [-0.39, 0.29) is 30.8 Å². The van der Waals surface area contributed by atoms with Crippen LogP contribution < -0.4 is 10.6 Å². The number of carboxylic acids is 1. The van der Waals surface area contributed by atoms with Gasteiger partial charge in [-0.15, -0.1) is 0 Å². The molecule has 0 aliphatic carbocycles. The van der Waals surface area contributed by atoms with Gasteiger partial charge in [0.1, 0.15) is 6.54 Å². The molecular formula is C12H19N3O5. The van der Waals surface area contributed by atoms with Gasteiger partial charge in [0.15, 0.2) is 0 Å². The minimum atomic E-state index is -1.13. The van der Waals surface area contributed by atoms with Crippen LogP contribution in [0.25, 0.3) is 0 Å². The molecule has 8 nitrogen and oxygen atoms in total. The zero-order valence-corrected chi connectivity index (χ0v) is 11.0. The largest absolute Gasteiger partial charge is 0.480 e. The number of fused-ring (bicyclic) bond motifs is 2. The lowest BCUT2D eigenvalue weighted by atomic mass is 10.0. The van der Waals surface area contributed by atoms with E-state index in [9.17, 15) is 19.5 Å². The fourth-order valence-corrected chi connectivity index (χ4v) is 2.96. The van der Waals surface area contributed by atoms with E-state index in [1.54, 1.807) is 4.90 Å². The summed E-state index contributed by atoms with van der Waals surface area (Å²) in [7, 11) is 0. The summed E-state index contributed by atoms with van der Waals surface area (Å²) in [5, 5.41) is 22.7. The monoisotopic (exact) mass is 285 g/mol. The molecule has 2 aliphatic heterocycles. The van der Waals surface area contributed by atoms with Crippen LogP contribution in [0.5, 0.6) is 0 Å². The van der Waals surface area contributed by atoms with E-state index in [0.717, 1.165) is 12.8 Å². The lowest BCUT2D eigenvalue weighted by Gasteiger charge is -2.37. The SMILES string of the molecule is O=C(O)CNC(=O)CNC(=O)N1C2CCC1CC(O)C2. The van der Waals surface area contributed by atoms with Crippen molar-refractivity contribution in [3.63, 3.8) is 0 Å². The number of amides is 3. The van der Waals surface area contributed by atoms with Gasteiger partial charge in [0.25, 0.3) is 0 Å². The first kappa shape index (κ1) is 14.6. The van der Waals surface area contributed by atoms with E-state index in [1.807, 2.05) is 0 Å². The minimum Gasteiger partial charge on any atom is -0.480 e. The van der Waals surface area contributed by atoms with Crippen LogP contribution in [0, 0.1) is 0 Å². The third-order valence-electron chi connectivity index (χ3n) is 3.78. The molecule has 4 N–H and O–H groups in total. The van der Waals surface area contributed by atoms with Gasteiger partial charge in [0.05, 0.1) is 12.6 Å². The van der Waals surface area contributed by atoms with Gasteiger partial charge in [-0.25, -0.2) is 4.79 Å². The standard InChI is InChI=1S/C12H19N3O5/c16-9-3-7-1-2-8(4-9)15(7)12(20)14-5-10(17)13-6-11(18)19/h7-9,16H,1-6H2,(H,13,17)(H,14,20)(H,18,19). The van der Waals surface area contributed by atoms with Crippen LogP contribution in [0.4, 0.5) is 4.79 Å². The molecule has 0 radical (unpaired) electrons. The third kappa shape index (κ3) is 3.38. The molecule has 0 aromatic heterocycles. The predicted octanol–water partition coefficient (Wildman–Crippen LogP) is -1.12. The Morgan fingerprint density at radius 1 is 1.05 bits per heavy atom. The summed E-state index contributed by atoms with van der Waals surface area (Å²) in [6, 6.07) is -0.258. The topological polar surface area (TPSA) is 119 Å². The molecule has 20 heavy (non-hydrogen) atoms. The van der Waals surface area contributed by atoms with Crippen molar-refractivity contribution in [1.82, 2.24) is 15.5 Å². The molecular weight excluding hydrogens is 266 g/mol. The molecule has 0 aromatic rings. The van der Waals surface area contributed by atoms with E-state index in [4.69, 9.17) is 5.11 Å². The zero-order chi connectivity index (χ0) is 14.7. The van der Waals surface area contributed by atoms with Gasteiger partial charge in [-0.2, -0.15) is 0 Å². The van der Waals surface area contributed by atoms with Crippen molar-refractivity contribution in [2.45, 2.75) is 43.9 Å². The molecule has 2 rings (SSSR count). The number of hydrogen-bond donors (Lipinski definition) is 4. The highest BCUT2D eigenvalue weighted by molar-refractivity contribution is 5.86. The molecule has 0 aromatic carbocycles. The van der Waals surface area contributed by atoms with Crippen LogP contribution in [-0.4, -0.2) is 64.3 Å². The van der Waals surface area contributed by atoms with Gasteiger partial charge in [0.2, 0.25) is 5.91 Å². The molecule has 0 saturated carbocycles. The number of aliphatic hydroxyl groups excluding tert-OH is 1. The normalized spacial score (nSPS) is 28.1. The average Bonchev–Trinajstić information content (AvgIpc) is 2.66. The number of carbonyl (C=O) groups is 3. The maximum absolute atomic E-state index is 12.0. The Bertz CT molecular complexity index is 400. The van der Waals surface area contributed by atoms with Crippen molar-refractivity contribution in [3.8, 4) is 0 Å². The van der Waals surface area contributed by atoms with E-state index in [1.165, 1.54) is 0 Å². The summed E-state index contributed by atoms with van der Waals surface area (Å²) in [6.07, 6.45) is 2.56. The first-order valence-electron chi connectivity index (χ1n) is 6.70. The highest BCUT2D eigenvalue weighted by Crippen LogP contribution is 2.35. The molecule has 2 atom stereocenters. The summed E-state index contributed by atoms with van der Waals surface area (Å²) in [5.74, 6) is -1.67. The molecule has 2 unspecified atom stereocenters. The molecule has 2 aliphatic rings. The molecule has 112 valence electrons. The molecule has 2 heterocycles. The first-order chi connectivity index (χ1) is 9.47. The molecule has 2 bridgehead atoms. The van der Waals surface area contributed by atoms with Crippen LogP contribution >= 0.6 is 0 Å². The van der Waals surface area contributed by atoms with Crippen LogP contribution in [0.1, 0.15) is 25.7 Å². The van der Waals surface area contributed by atoms with Gasteiger partial charge >= 0.3 is 12.0 Å².